The number of amides is 1. The molecule has 0 aliphatic heterocycles. The van der Waals surface area contributed by atoms with Crippen molar-refractivity contribution in [1.29, 1.82) is 0 Å². The highest BCUT2D eigenvalue weighted by Crippen LogP contribution is 2.36. The lowest BCUT2D eigenvalue weighted by Gasteiger charge is -2.23. The van der Waals surface area contributed by atoms with Crippen molar-refractivity contribution < 1.29 is 9.90 Å². The molecule has 0 unspecified atom stereocenters. The molecule has 0 aromatic heterocycles. The SMILES string of the molecule is CC1(CNC(=O)c2cc(Br)ccc2O)CCCC1. The lowest BCUT2D eigenvalue weighted by Crippen LogP contribution is -2.34. The van der Waals surface area contributed by atoms with Crippen molar-refractivity contribution >= 4 is 21.8 Å². The first-order valence-corrected chi connectivity index (χ1v) is 7.06. The third-order valence-electron chi connectivity index (χ3n) is 3.69. The van der Waals surface area contributed by atoms with Gasteiger partial charge in [0.05, 0.1) is 5.56 Å². The molecule has 0 saturated heterocycles. The molecule has 1 aromatic carbocycles. The number of phenols is 1. The molecule has 3 nitrogen and oxygen atoms in total. The maximum Gasteiger partial charge on any atom is 0.255 e. The molecule has 1 aliphatic carbocycles. The van der Waals surface area contributed by atoms with E-state index in [9.17, 15) is 9.90 Å². The van der Waals surface area contributed by atoms with Crippen LogP contribution >= 0.6 is 15.9 Å². The Kier molecular flexibility index (Phi) is 3.95. The van der Waals surface area contributed by atoms with E-state index >= 15 is 0 Å². The van der Waals surface area contributed by atoms with Gasteiger partial charge in [-0.25, -0.2) is 0 Å². The molecule has 1 aliphatic rings. The third-order valence-corrected chi connectivity index (χ3v) is 4.18. The van der Waals surface area contributed by atoms with Crippen molar-refractivity contribution in [2.75, 3.05) is 6.54 Å². The molecule has 0 heterocycles. The zero-order valence-electron chi connectivity index (χ0n) is 10.5. The van der Waals surface area contributed by atoms with Crippen molar-refractivity contribution in [3.63, 3.8) is 0 Å². The molecular weight excluding hydrogens is 294 g/mol. The van der Waals surface area contributed by atoms with Crippen molar-refractivity contribution in [1.82, 2.24) is 5.32 Å². The first-order valence-electron chi connectivity index (χ1n) is 6.27. The summed E-state index contributed by atoms with van der Waals surface area (Å²) in [6.45, 7) is 2.89. The number of hydrogen-bond acceptors (Lipinski definition) is 2. The van der Waals surface area contributed by atoms with Crippen molar-refractivity contribution in [3.05, 3.63) is 28.2 Å². The summed E-state index contributed by atoms with van der Waals surface area (Å²) < 4.78 is 0.789. The van der Waals surface area contributed by atoms with Crippen LogP contribution in [0.5, 0.6) is 5.75 Å². The average Bonchev–Trinajstić information content (AvgIpc) is 2.77. The molecule has 1 aromatic rings. The lowest BCUT2D eigenvalue weighted by molar-refractivity contribution is 0.0931. The molecule has 98 valence electrons. The molecule has 0 radical (unpaired) electrons. The van der Waals surface area contributed by atoms with Crippen LogP contribution in [0.3, 0.4) is 0 Å². The second-order valence-electron chi connectivity index (χ2n) is 5.36. The molecule has 1 amide bonds. The van der Waals surface area contributed by atoms with Gasteiger partial charge in [-0.05, 0) is 36.5 Å². The number of nitrogens with one attached hydrogen (secondary N) is 1. The Bertz CT molecular complexity index is 453. The number of aromatic hydroxyl groups is 1. The summed E-state index contributed by atoms with van der Waals surface area (Å²) in [5.41, 5.74) is 0.545. The fourth-order valence-electron chi connectivity index (χ4n) is 2.48. The van der Waals surface area contributed by atoms with Crippen LogP contribution in [0.4, 0.5) is 0 Å². The highest BCUT2D eigenvalue weighted by Gasteiger charge is 2.29. The van der Waals surface area contributed by atoms with Crippen LogP contribution in [-0.4, -0.2) is 17.6 Å². The zero-order chi connectivity index (χ0) is 13.2. The highest BCUT2D eigenvalue weighted by atomic mass is 79.9. The van der Waals surface area contributed by atoms with E-state index in [1.807, 2.05) is 0 Å². The minimum absolute atomic E-state index is 0.0206. The van der Waals surface area contributed by atoms with Gasteiger partial charge in [-0.2, -0.15) is 0 Å². The number of hydrogen-bond donors (Lipinski definition) is 2. The minimum Gasteiger partial charge on any atom is -0.507 e. The summed E-state index contributed by atoms with van der Waals surface area (Å²) in [6.07, 6.45) is 4.82. The molecule has 2 rings (SSSR count). The van der Waals surface area contributed by atoms with Crippen LogP contribution in [0, 0.1) is 5.41 Å². The van der Waals surface area contributed by atoms with Crippen LogP contribution in [-0.2, 0) is 0 Å². The second kappa shape index (κ2) is 5.31. The van der Waals surface area contributed by atoms with Gasteiger partial charge in [0, 0.05) is 11.0 Å². The summed E-state index contributed by atoms with van der Waals surface area (Å²) in [4.78, 5) is 12.0. The highest BCUT2D eigenvalue weighted by molar-refractivity contribution is 9.10. The van der Waals surface area contributed by atoms with Crippen LogP contribution < -0.4 is 5.32 Å². The van der Waals surface area contributed by atoms with Crippen LogP contribution in [0.2, 0.25) is 0 Å². The number of carbonyl (C=O) groups is 1. The quantitative estimate of drug-likeness (QED) is 0.898. The first kappa shape index (κ1) is 13.4. The first-order chi connectivity index (χ1) is 8.50. The number of halogens is 1. The van der Waals surface area contributed by atoms with Gasteiger partial charge >= 0.3 is 0 Å². The molecule has 0 bridgehead atoms. The fourth-order valence-corrected chi connectivity index (χ4v) is 2.85. The summed E-state index contributed by atoms with van der Waals surface area (Å²) in [7, 11) is 0. The molecule has 0 atom stereocenters. The van der Waals surface area contributed by atoms with E-state index in [1.54, 1.807) is 12.1 Å². The maximum absolute atomic E-state index is 12.0. The molecule has 2 N–H and O–H groups in total. The number of rotatable bonds is 3. The van der Waals surface area contributed by atoms with E-state index in [0.29, 0.717) is 12.1 Å². The Balaban J connectivity index is 2.01. The van der Waals surface area contributed by atoms with Crippen LogP contribution in [0.15, 0.2) is 22.7 Å². The zero-order valence-corrected chi connectivity index (χ0v) is 12.1. The number of benzene rings is 1. The lowest BCUT2D eigenvalue weighted by atomic mass is 9.89. The van der Waals surface area contributed by atoms with E-state index in [0.717, 1.165) is 17.3 Å². The molecule has 1 fully saturated rings. The van der Waals surface area contributed by atoms with E-state index < -0.39 is 0 Å². The Morgan fingerprint density at radius 3 is 2.78 bits per heavy atom. The summed E-state index contributed by atoms with van der Waals surface area (Å²) in [5, 5.41) is 12.6. The fraction of sp³-hybridized carbons (Fsp3) is 0.500. The predicted molar refractivity (Wildman–Crippen MR) is 74.7 cm³/mol. The predicted octanol–water partition coefficient (Wildman–Crippen LogP) is 3.46. The normalized spacial score (nSPS) is 17.7. The number of phenolic OH excluding ortho intramolecular Hbond substituents is 1. The van der Waals surface area contributed by atoms with Crippen LogP contribution in [0.25, 0.3) is 0 Å². The molecular formula is C14H18BrNO2. The van der Waals surface area contributed by atoms with Gasteiger partial charge in [-0.3, -0.25) is 4.79 Å². The Morgan fingerprint density at radius 1 is 1.44 bits per heavy atom. The topological polar surface area (TPSA) is 49.3 Å². The van der Waals surface area contributed by atoms with Crippen molar-refractivity contribution in [2.45, 2.75) is 32.6 Å². The van der Waals surface area contributed by atoms with E-state index in [1.165, 1.54) is 18.9 Å². The Morgan fingerprint density at radius 2 is 2.11 bits per heavy atom. The molecule has 0 spiro atoms. The summed E-state index contributed by atoms with van der Waals surface area (Å²) in [5.74, 6) is -0.186. The summed E-state index contributed by atoms with van der Waals surface area (Å²) in [6, 6.07) is 4.88. The van der Waals surface area contributed by atoms with E-state index in [4.69, 9.17) is 0 Å². The van der Waals surface area contributed by atoms with Gasteiger partial charge in [0.25, 0.3) is 5.91 Å². The van der Waals surface area contributed by atoms with Gasteiger partial charge in [0.1, 0.15) is 5.75 Å². The molecule has 18 heavy (non-hydrogen) atoms. The van der Waals surface area contributed by atoms with Gasteiger partial charge in [0.15, 0.2) is 0 Å². The van der Waals surface area contributed by atoms with Gasteiger partial charge in [-0.15, -0.1) is 0 Å². The van der Waals surface area contributed by atoms with E-state index in [2.05, 4.69) is 28.2 Å². The monoisotopic (exact) mass is 311 g/mol. The van der Waals surface area contributed by atoms with Crippen molar-refractivity contribution in [3.8, 4) is 5.75 Å². The smallest absolute Gasteiger partial charge is 0.255 e. The van der Waals surface area contributed by atoms with Gasteiger partial charge in [-0.1, -0.05) is 35.7 Å². The van der Waals surface area contributed by atoms with Crippen molar-refractivity contribution in [2.24, 2.45) is 5.41 Å². The standard InChI is InChI=1S/C14H18BrNO2/c1-14(6-2-3-7-14)9-16-13(18)11-8-10(15)4-5-12(11)17/h4-5,8,17H,2-3,6-7,9H2,1H3,(H,16,18). The van der Waals surface area contributed by atoms with Gasteiger partial charge in [0.2, 0.25) is 0 Å². The van der Waals surface area contributed by atoms with E-state index in [-0.39, 0.29) is 17.1 Å². The average molecular weight is 312 g/mol. The van der Waals surface area contributed by atoms with Gasteiger partial charge < -0.3 is 10.4 Å². The molecule has 4 heteroatoms. The van der Waals surface area contributed by atoms with Crippen LogP contribution in [0.1, 0.15) is 43.0 Å². The largest absolute Gasteiger partial charge is 0.507 e. The minimum atomic E-state index is -0.207. The summed E-state index contributed by atoms with van der Waals surface area (Å²) >= 11 is 3.30. The third kappa shape index (κ3) is 3.05. The Labute approximate surface area is 116 Å². The Hall–Kier alpha value is -1.03. The molecule has 1 saturated carbocycles. The number of carbonyl (C=O) groups excluding carboxylic acids is 1. The second-order valence-corrected chi connectivity index (χ2v) is 6.28. The maximum atomic E-state index is 12.0.